The molecule has 1 aliphatic carbocycles. The predicted molar refractivity (Wildman–Crippen MR) is 127 cm³/mol. The van der Waals surface area contributed by atoms with Gasteiger partial charge in [0, 0.05) is 23.6 Å². The lowest BCUT2D eigenvalue weighted by molar-refractivity contribution is -0.142. The van der Waals surface area contributed by atoms with Gasteiger partial charge in [0.1, 0.15) is 11.8 Å². The lowest BCUT2D eigenvalue weighted by atomic mass is 9.81. The Morgan fingerprint density at radius 2 is 1.58 bits per heavy atom. The number of nitrogens with one attached hydrogen (secondary N) is 1. The lowest BCUT2D eigenvalue weighted by Crippen LogP contribution is -2.45. The van der Waals surface area contributed by atoms with Gasteiger partial charge in [0.15, 0.2) is 5.78 Å². The second-order valence-corrected chi connectivity index (χ2v) is 8.40. The molecule has 0 unspecified atom stereocenters. The zero-order valence-electron chi connectivity index (χ0n) is 18.9. The van der Waals surface area contributed by atoms with Gasteiger partial charge >= 0.3 is 5.97 Å². The van der Waals surface area contributed by atoms with Crippen LogP contribution in [0, 0.1) is 11.8 Å². The number of phenolic OH excluding ortho intramolecular Hbond substituents is 1. The first-order valence-electron chi connectivity index (χ1n) is 11.1. The number of amides is 1. The van der Waals surface area contributed by atoms with Gasteiger partial charge in [-0.1, -0.05) is 12.1 Å². The number of ketones is 1. The van der Waals surface area contributed by atoms with Gasteiger partial charge in [-0.25, -0.2) is 4.79 Å². The summed E-state index contributed by atoms with van der Waals surface area (Å²) in [7, 11) is 0. The molecule has 1 aliphatic rings. The fourth-order valence-corrected chi connectivity index (χ4v) is 3.74. The molecule has 178 valence electrons. The number of aromatic hydroxyl groups is 1. The molecule has 2 aromatic rings. The molecule has 7 N–H and O–H groups in total. The predicted octanol–water partition coefficient (Wildman–Crippen LogP) is 2.74. The minimum atomic E-state index is -1.05. The molecule has 1 fully saturated rings. The van der Waals surface area contributed by atoms with Crippen molar-refractivity contribution in [2.45, 2.75) is 45.1 Å². The number of Topliss-reactive ketones (excluding diaryl/α,β-unsaturated/α-hetero) is 1. The van der Waals surface area contributed by atoms with Crippen molar-refractivity contribution < 1.29 is 24.6 Å². The van der Waals surface area contributed by atoms with E-state index in [1.807, 2.05) is 0 Å². The van der Waals surface area contributed by atoms with Crippen LogP contribution in [0.25, 0.3) is 0 Å². The Hall–Kier alpha value is -3.39. The Morgan fingerprint density at radius 1 is 1.00 bits per heavy atom. The van der Waals surface area contributed by atoms with Crippen LogP contribution in [0.3, 0.4) is 0 Å². The average Bonchev–Trinajstić information content (AvgIpc) is 2.80. The zero-order valence-corrected chi connectivity index (χ0v) is 18.9. The van der Waals surface area contributed by atoms with Crippen LogP contribution in [0.4, 0.5) is 5.69 Å². The highest BCUT2D eigenvalue weighted by Gasteiger charge is 2.29. The number of carboxylic acid groups (broad SMARTS) is 1. The molecule has 1 saturated carbocycles. The van der Waals surface area contributed by atoms with E-state index in [1.54, 1.807) is 36.4 Å². The number of benzene rings is 2. The van der Waals surface area contributed by atoms with Crippen molar-refractivity contribution in [1.82, 2.24) is 5.32 Å². The first-order chi connectivity index (χ1) is 15.7. The molecule has 3 rings (SSSR count). The van der Waals surface area contributed by atoms with E-state index in [0.717, 1.165) is 31.2 Å². The van der Waals surface area contributed by atoms with Crippen LogP contribution in [0.2, 0.25) is 0 Å². The second kappa shape index (κ2) is 12.6. The number of anilines is 1. The number of carbonyl (C=O) groups is 3. The van der Waals surface area contributed by atoms with E-state index in [-0.39, 0.29) is 29.8 Å². The van der Waals surface area contributed by atoms with Crippen LogP contribution < -0.4 is 16.8 Å². The van der Waals surface area contributed by atoms with Gasteiger partial charge in [-0.05, 0) is 87.0 Å². The maximum Gasteiger partial charge on any atom is 0.326 e. The van der Waals surface area contributed by atoms with E-state index in [9.17, 15) is 24.6 Å². The third-order valence-electron chi connectivity index (χ3n) is 5.86. The van der Waals surface area contributed by atoms with Crippen molar-refractivity contribution in [2.24, 2.45) is 17.6 Å². The normalized spacial score (nSPS) is 18.4. The molecule has 8 heteroatoms. The number of carbonyl (C=O) groups excluding carboxylic acids is 2. The van der Waals surface area contributed by atoms with Crippen LogP contribution in [0.1, 0.15) is 48.5 Å². The number of carboxylic acids is 1. The van der Waals surface area contributed by atoms with E-state index in [1.165, 1.54) is 19.1 Å². The number of nitrogen functional groups attached to an aromatic ring is 1. The minimum absolute atomic E-state index is 0.0694. The molecule has 0 heterocycles. The highest BCUT2D eigenvalue weighted by atomic mass is 16.4. The quantitative estimate of drug-likeness (QED) is 0.317. The van der Waals surface area contributed by atoms with E-state index < -0.39 is 12.0 Å². The fourth-order valence-electron chi connectivity index (χ4n) is 3.74. The minimum Gasteiger partial charge on any atom is -0.508 e. The van der Waals surface area contributed by atoms with Crippen molar-refractivity contribution >= 4 is 23.3 Å². The summed E-state index contributed by atoms with van der Waals surface area (Å²) in [6.07, 6.45) is 3.56. The Labute approximate surface area is 194 Å². The largest absolute Gasteiger partial charge is 0.508 e. The van der Waals surface area contributed by atoms with Crippen molar-refractivity contribution in [2.75, 3.05) is 12.3 Å². The van der Waals surface area contributed by atoms with Crippen molar-refractivity contribution in [3.63, 3.8) is 0 Å². The summed E-state index contributed by atoms with van der Waals surface area (Å²) in [5, 5.41) is 21.2. The Morgan fingerprint density at radius 3 is 2.06 bits per heavy atom. The molecule has 0 radical (unpaired) electrons. The summed E-state index contributed by atoms with van der Waals surface area (Å²) < 4.78 is 0. The van der Waals surface area contributed by atoms with Gasteiger partial charge in [-0.2, -0.15) is 0 Å². The van der Waals surface area contributed by atoms with Gasteiger partial charge in [-0.15, -0.1) is 0 Å². The van der Waals surface area contributed by atoms with Gasteiger partial charge in [0.25, 0.3) is 0 Å². The molecule has 2 aromatic carbocycles. The lowest BCUT2D eigenvalue weighted by Gasteiger charge is -2.27. The van der Waals surface area contributed by atoms with Gasteiger partial charge in [0.2, 0.25) is 5.91 Å². The van der Waals surface area contributed by atoms with Crippen LogP contribution in [-0.4, -0.2) is 40.5 Å². The second-order valence-electron chi connectivity index (χ2n) is 8.40. The molecule has 0 saturated heterocycles. The topological polar surface area (TPSA) is 156 Å². The molecular formula is C25H33N3O5. The van der Waals surface area contributed by atoms with Crippen LogP contribution in [0.15, 0.2) is 48.5 Å². The molecule has 0 bridgehead atoms. The summed E-state index contributed by atoms with van der Waals surface area (Å²) >= 11 is 0. The van der Waals surface area contributed by atoms with Crippen molar-refractivity contribution in [3.05, 3.63) is 59.7 Å². The Bertz CT molecular complexity index is 920. The molecule has 0 aliphatic heterocycles. The molecule has 8 nitrogen and oxygen atoms in total. The monoisotopic (exact) mass is 455 g/mol. The first-order valence-corrected chi connectivity index (χ1v) is 11.1. The Balaban J connectivity index is 0.000000321. The third-order valence-corrected chi connectivity index (χ3v) is 5.86. The highest BCUT2D eigenvalue weighted by molar-refractivity contribution is 5.94. The molecule has 0 aromatic heterocycles. The van der Waals surface area contributed by atoms with Gasteiger partial charge < -0.3 is 27.0 Å². The van der Waals surface area contributed by atoms with Crippen LogP contribution in [0.5, 0.6) is 5.75 Å². The number of aliphatic carboxylic acids is 1. The molecule has 1 amide bonds. The smallest absolute Gasteiger partial charge is 0.326 e. The summed E-state index contributed by atoms with van der Waals surface area (Å²) in [6, 6.07) is 12.2. The van der Waals surface area contributed by atoms with E-state index >= 15 is 0 Å². The van der Waals surface area contributed by atoms with E-state index in [0.29, 0.717) is 23.7 Å². The molecule has 0 spiro atoms. The summed E-state index contributed by atoms with van der Waals surface area (Å²) in [5.41, 5.74) is 13.2. The van der Waals surface area contributed by atoms with E-state index in [4.69, 9.17) is 11.5 Å². The zero-order chi connectivity index (χ0) is 24.4. The highest BCUT2D eigenvalue weighted by Crippen LogP contribution is 2.28. The standard InChI is InChI=1S/C17H24N2O4.C8H9NO/c18-10-12-1-5-13(6-2-12)16(21)19-15(17(22)23)9-11-3-7-14(20)8-4-11;1-6(10)7-2-4-8(9)5-3-7/h3-4,7-8,12-13,15,20H,1-2,5-6,9-10,18H2,(H,19,21)(H,22,23);2-5H,9H2,1H3/t12?,13?,15-;/m0./s1. The van der Waals surface area contributed by atoms with Crippen LogP contribution >= 0.6 is 0 Å². The summed E-state index contributed by atoms with van der Waals surface area (Å²) in [6.45, 7) is 2.18. The number of hydrogen-bond donors (Lipinski definition) is 5. The third kappa shape index (κ3) is 8.57. The number of phenols is 1. The summed E-state index contributed by atoms with van der Waals surface area (Å²) in [5.74, 6) is -0.694. The van der Waals surface area contributed by atoms with Crippen molar-refractivity contribution in [3.8, 4) is 5.75 Å². The SMILES string of the molecule is CC(=O)c1ccc(N)cc1.NCC1CCC(C(=O)N[C@@H](Cc2ccc(O)cc2)C(=O)O)CC1. The molecule has 1 atom stereocenters. The average molecular weight is 456 g/mol. The van der Waals surface area contributed by atoms with E-state index in [2.05, 4.69) is 5.32 Å². The van der Waals surface area contributed by atoms with Gasteiger partial charge in [0.05, 0.1) is 0 Å². The number of rotatable bonds is 7. The van der Waals surface area contributed by atoms with Gasteiger partial charge in [-0.3, -0.25) is 9.59 Å². The summed E-state index contributed by atoms with van der Waals surface area (Å²) in [4.78, 5) is 34.4. The van der Waals surface area contributed by atoms with Crippen molar-refractivity contribution in [1.29, 1.82) is 0 Å². The molecule has 33 heavy (non-hydrogen) atoms. The molecular weight excluding hydrogens is 422 g/mol. The maximum atomic E-state index is 12.3. The Kier molecular flexibility index (Phi) is 9.87. The fraction of sp³-hybridized carbons (Fsp3) is 0.400. The number of hydrogen-bond acceptors (Lipinski definition) is 6. The van der Waals surface area contributed by atoms with Crippen LogP contribution in [-0.2, 0) is 16.0 Å². The maximum absolute atomic E-state index is 12.3. The first kappa shape index (κ1) is 25.9. The number of nitrogens with two attached hydrogens (primary N) is 2.